The first-order chi connectivity index (χ1) is 15.6. The Morgan fingerprint density at radius 3 is 2.27 bits per heavy atom. The maximum absolute atomic E-state index is 13.6. The average Bonchev–Trinajstić information content (AvgIpc) is 2.74. The van der Waals surface area contributed by atoms with Gasteiger partial charge in [-0.2, -0.15) is 0 Å². The number of nitrogens with one attached hydrogen (secondary N) is 2. The first-order valence-corrected chi connectivity index (χ1v) is 12.0. The number of alkyl carbamates (subject to hydrolysis) is 1. The summed E-state index contributed by atoms with van der Waals surface area (Å²) >= 11 is 0. The topological polar surface area (TPSA) is 93.7 Å². The number of carbonyl (C=O) groups excluding carboxylic acids is 3. The van der Waals surface area contributed by atoms with Crippen molar-refractivity contribution in [1.29, 1.82) is 0 Å². The van der Waals surface area contributed by atoms with Crippen molar-refractivity contribution in [2.75, 3.05) is 7.11 Å². The van der Waals surface area contributed by atoms with Crippen LogP contribution >= 0.6 is 0 Å². The van der Waals surface area contributed by atoms with Gasteiger partial charge in [0.05, 0.1) is 12.5 Å². The van der Waals surface area contributed by atoms with Crippen molar-refractivity contribution < 1.29 is 23.9 Å². The molecule has 180 valence electrons. The molecule has 0 heterocycles. The first-order valence-electron chi connectivity index (χ1n) is 12.0. The van der Waals surface area contributed by atoms with Crippen molar-refractivity contribution in [2.24, 2.45) is 23.2 Å². The van der Waals surface area contributed by atoms with Crippen LogP contribution in [0, 0.1) is 23.2 Å². The molecule has 1 aromatic rings. The summed E-state index contributed by atoms with van der Waals surface area (Å²) in [4.78, 5) is 39.1. The molecule has 4 aliphatic carbocycles. The fraction of sp³-hybridized carbons (Fsp3) is 0.654. The number of hydrogen-bond acceptors (Lipinski definition) is 5. The minimum absolute atomic E-state index is 0.216. The number of esters is 1. The third-order valence-corrected chi connectivity index (χ3v) is 7.49. The van der Waals surface area contributed by atoms with Crippen LogP contribution in [-0.4, -0.2) is 42.8 Å². The number of rotatable bonds is 6. The Morgan fingerprint density at radius 1 is 1.06 bits per heavy atom. The van der Waals surface area contributed by atoms with E-state index >= 15 is 0 Å². The fourth-order valence-electron chi connectivity index (χ4n) is 6.56. The molecular formula is C26H36N2O5. The first kappa shape index (κ1) is 23.6. The highest BCUT2D eigenvalue weighted by atomic mass is 16.6. The number of ether oxygens (including phenoxy) is 2. The van der Waals surface area contributed by atoms with E-state index in [0.717, 1.165) is 31.2 Å². The Labute approximate surface area is 196 Å². The minimum Gasteiger partial charge on any atom is -0.469 e. The van der Waals surface area contributed by atoms with Crippen molar-refractivity contribution in [3.05, 3.63) is 35.9 Å². The van der Waals surface area contributed by atoms with Gasteiger partial charge in [0.15, 0.2) is 0 Å². The lowest BCUT2D eigenvalue weighted by molar-refractivity contribution is -0.175. The molecule has 1 aromatic carbocycles. The van der Waals surface area contributed by atoms with Crippen molar-refractivity contribution in [3.8, 4) is 0 Å². The number of carbonyl (C=O) groups is 3. The van der Waals surface area contributed by atoms with Crippen molar-refractivity contribution in [1.82, 2.24) is 10.6 Å². The number of benzene rings is 1. The van der Waals surface area contributed by atoms with Crippen molar-refractivity contribution >= 4 is 18.0 Å². The molecule has 4 fully saturated rings. The van der Waals surface area contributed by atoms with Gasteiger partial charge in [0.2, 0.25) is 5.91 Å². The summed E-state index contributed by atoms with van der Waals surface area (Å²) in [5, 5.41) is 5.96. The van der Waals surface area contributed by atoms with Crippen LogP contribution in [0.4, 0.5) is 4.79 Å². The van der Waals surface area contributed by atoms with E-state index in [1.807, 2.05) is 30.3 Å². The van der Waals surface area contributed by atoms with Crippen molar-refractivity contribution in [3.63, 3.8) is 0 Å². The van der Waals surface area contributed by atoms with Crippen LogP contribution in [-0.2, 0) is 25.5 Å². The van der Waals surface area contributed by atoms with Crippen LogP contribution in [0.1, 0.15) is 58.4 Å². The Kier molecular flexibility index (Phi) is 6.43. The summed E-state index contributed by atoms with van der Waals surface area (Å²) in [5.74, 6) is 0.805. The fourth-order valence-corrected chi connectivity index (χ4v) is 6.56. The van der Waals surface area contributed by atoms with Gasteiger partial charge in [-0.1, -0.05) is 30.3 Å². The molecule has 4 aliphatic rings. The zero-order valence-corrected chi connectivity index (χ0v) is 20.1. The molecule has 4 atom stereocenters. The second kappa shape index (κ2) is 8.99. The highest BCUT2D eigenvalue weighted by molar-refractivity contribution is 5.87. The van der Waals surface area contributed by atoms with E-state index in [-0.39, 0.29) is 23.8 Å². The van der Waals surface area contributed by atoms with E-state index in [2.05, 4.69) is 10.6 Å². The van der Waals surface area contributed by atoms with Crippen molar-refractivity contribution in [2.45, 2.75) is 77.0 Å². The zero-order chi connectivity index (χ0) is 23.8. The molecule has 5 rings (SSSR count). The summed E-state index contributed by atoms with van der Waals surface area (Å²) in [5.41, 5.74) is -0.405. The van der Waals surface area contributed by atoms with Crippen LogP contribution in [0.5, 0.6) is 0 Å². The lowest BCUT2D eigenvalue weighted by atomic mass is 9.47. The highest BCUT2D eigenvalue weighted by Crippen LogP contribution is 2.60. The molecule has 33 heavy (non-hydrogen) atoms. The predicted octanol–water partition coefficient (Wildman–Crippen LogP) is 3.61. The van der Waals surface area contributed by atoms with E-state index in [1.165, 1.54) is 13.5 Å². The molecule has 0 spiro atoms. The molecule has 0 aliphatic heterocycles. The molecule has 2 N–H and O–H groups in total. The van der Waals surface area contributed by atoms with Gasteiger partial charge in [-0.05, 0) is 76.2 Å². The van der Waals surface area contributed by atoms with Gasteiger partial charge in [0.1, 0.15) is 11.6 Å². The Balaban J connectivity index is 1.55. The summed E-state index contributed by atoms with van der Waals surface area (Å²) < 4.78 is 10.7. The van der Waals surface area contributed by atoms with Gasteiger partial charge < -0.3 is 20.1 Å². The Bertz CT molecular complexity index is 880. The maximum atomic E-state index is 13.6. The summed E-state index contributed by atoms with van der Waals surface area (Å²) in [7, 11) is 1.43. The second-order valence-corrected chi connectivity index (χ2v) is 11.1. The number of amides is 2. The van der Waals surface area contributed by atoms with Gasteiger partial charge >= 0.3 is 12.1 Å². The monoisotopic (exact) mass is 456 g/mol. The SMILES string of the molecule is COC(=O)C12CC3CC(CC(C3)C1NC(=O)[C@H](Cc1ccccc1)NC(=O)OC(C)(C)C)C2. The molecule has 2 amide bonds. The van der Waals surface area contributed by atoms with E-state index in [4.69, 9.17) is 9.47 Å². The van der Waals surface area contributed by atoms with E-state index < -0.39 is 23.2 Å². The number of hydrogen-bond donors (Lipinski definition) is 2. The average molecular weight is 457 g/mol. The molecule has 4 saturated carbocycles. The summed E-state index contributed by atoms with van der Waals surface area (Å²) in [6, 6.07) is 8.49. The second-order valence-electron chi connectivity index (χ2n) is 11.1. The van der Waals surface area contributed by atoms with Gasteiger partial charge in [-0.15, -0.1) is 0 Å². The standard InChI is InChI=1S/C26H36N2O5/c1-25(2,3)33-24(31)27-20(13-16-8-6-5-7-9-16)22(29)28-21-19-11-17-10-18(12-19)15-26(21,14-17)23(30)32-4/h5-9,17-21H,10-15H2,1-4H3,(H,27,31)(H,28,29)/t17?,18?,19?,20-,21?,26?/m0/s1. The maximum Gasteiger partial charge on any atom is 0.408 e. The summed E-state index contributed by atoms with van der Waals surface area (Å²) in [6.07, 6.45) is 4.46. The van der Waals surface area contributed by atoms with Crippen LogP contribution in [0.3, 0.4) is 0 Å². The quantitative estimate of drug-likeness (QED) is 0.638. The third kappa shape index (κ3) is 5.02. The molecule has 0 aromatic heterocycles. The molecule has 7 heteroatoms. The third-order valence-electron chi connectivity index (χ3n) is 7.49. The Hall–Kier alpha value is -2.57. The molecule has 0 saturated heterocycles. The lowest BCUT2D eigenvalue weighted by Crippen LogP contribution is -2.66. The molecular weight excluding hydrogens is 420 g/mol. The Morgan fingerprint density at radius 2 is 1.70 bits per heavy atom. The van der Waals surface area contributed by atoms with Crippen LogP contribution in [0.15, 0.2) is 30.3 Å². The minimum atomic E-state index is -0.811. The number of methoxy groups -OCH3 is 1. The molecule has 7 nitrogen and oxygen atoms in total. The molecule has 3 unspecified atom stereocenters. The van der Waals surface area contributed by atoms with Gasteiger partial charge in [-0.3, -0.25) is 9.59 Å². The highest BCUT2D eigenvalue weighted by Gasteiger charge is 2.62. The van der Waals surface area contributed by atoms with Gasteiger partial charge in [-0.25, -0.2) is 4.79 Å². The van der Waals surface area contributed by atoms with Crippen LogP contribution in [0.2, 0.25) is 0 Å². The smallest absolute Gasteiger partial charge is 0.408 e. The predicted molar refractivity (Wildman–Crippen MR) is 123 cm³/mol. The van der Waals surface area contributed by atoms with Crippen LogP contribution in [0.25, 0.3) is 0 Å². The molecule has 4 bridgehead atoms. The summed E-state index contributed by atoms with van der Waals surface area (Å²) in [6.45, 7) is 5.36. The van der Waals surface area contributed by atoms with E-state index in [9.17, 15) is 14.4 Å². The van der Waals surface area contributed by atoms with Gasteiger partial charge in [0, 0.05) is 12.5 Å². The largest absolute Gasteiger partial charge is 0.469 e. The van der Waals surface area contributed by atoms with E-state index in [1.54, 1.807) is 20.8 Å². The van der Waals surface area contributed by atoms with Crippen LogP contribution < -0.4 is 10.6 Å². The zero-order valence-electron chi connectivity index (χ0n) is 20.1. The normalized spacial score (nSPS) is 30.9. The lowest BCUT2D eigenvalue weighted by Gasteiger charge is -2.59. The van der Waals surface area contributed by atoms with Gasteiger partial charge in [0.25, 0.3) is 0 Å². The van der Waals surface area contributed by atoms with E-state index in [0.29, 0.717) is 18.3 Å². The molecule has 0 radical (unpaired) electrons.